The molecule has 0 radical (unpaired) electrons. The summed E-state index contributed by atoms with van der Waals surface area (Å²) < 4.78 is 0. The molecule has 4 amide bonds. The lowest BCUT2D eigenvalue weighted by atomic mass is 10.1. The number of thioether (sulfide) groups is 1. The van der Waals surface area contributed by atoms with Crippen molar-refractivity contribution in [1.29, 1.82) is 0 Å². The van der Waals surface area contributed by atoms with Gasteiger partial charge < -0.3 is 32.1 Å². The topological polar surface area (TPSA) is 180 Å². The molecule has 7 N–H and O–H groups in total. The van der Waals surface area contributed by atoms with Crippen molar-refractivity contribution in [2.24, 2.45) is 5.73 Å². The molecule has 0 aromatic heterocycles. The van der Waals surface area contributed by atoms with Crippen LogP contribution in [0.1, 0.15) is 32.6 Å². The van der Waals surface area contributed by atoms with Crippen molar-refractivity contribution in [1.82, 2.24) is 21.3 Å². The summed E-state index contributed by atoms with van der Waals surface area (Å²) >= 11 is 1.42. The highest BCUT2D eigenvalue weighted by Gasteiger charge is 2.30. The molecule has 0 saturated carbocycles. The van der Waals surface area contributed by atoms with Crippen molar-refractivity contribution in [3.63, 3.8) is 0 Å². The Morgan fingerprint density at radius 2 is 1.79 bits per heavy atom. The molecule has 1 aliphatic rings. The Hall–Kier alpha value is -2.34. The number of amides is 4. The maximum absolute atomic E-state index is 12.4. The average Bonchev–Trinajstić information content (AvgIpc) is 3.18. The van der Waals surface area contributed by atoms with Gasteiger partial charge in [0.1, 0.15) is 18.1 Å². The largest absolute Gasteiger partial charge is 0.480 e. The summed E-state index contributed by atoms with van der Waals surface area (Å²) in [5.41, 5.74) is 5.15. The van der Waals surface area contributed by atoms with Crippen molar-refractivity contribution in [2.75, 3.05) is 18.6 Å². The van der Waals surface area contributed by atoms with Gasteiger partial charge in [-0.3, -0.25) is 19.2 Å². The fraction of sp³-hybridized carbons (Fsp3) is 0.706. The third-order valence-corrected chi connectivity index (χ3v) is 5.04. The lowest BCUT2D eigenvalue weighted by Crippen LogP contribution is -2.57. The number of rotatable bonds is 12. The second kappa shape index (κ2) is 12.3. The van der Waals surface area contributed by atoms with E-state index in [1.807, 2.05) is 0 Å². The fourth-order valence-electron chi connectivity index (χ4n) is 2.76. The van der Waals surface area contributed by atoms with Crippen molar-refractivity contribution < 1.29 is 29.1 Å². The first-order valence-corrected chi connectivity index (χ1v) is 10.7. The number of carbonyl (C=O) groups is 5. The number of carbonyl (C=O) groups excluding carboxylic acids is 4. The van der Waals surface area contributed by atoms with E-state index >= 15 is 0 Å². The number of primary amides is 1. The molecule has 0 aliphatic carbocycles. The van der Waals surface area contributed by atoms with Crippen molar-refractivity contribution >= 4 is 41.4 Å². The van der Waals surface area contributed by atoms with Crippen molar-refractivity contribution in [3.8, 4) is 0 Å². The van der Waals surface area contributed by atoms with Gasteiger partial charge >= 0.3 is 5.97 Å². The van der Waals surface area contributed by atoms with Crippen LogP contribution in [-0.2, 0) is 24.0 Å². The number of nitrogens with two attached hydrogens (primary N) is 1. The van der Waals surface area contributed by atoms with Gasteiger partial charge in [0.05, 0.1) is 12.5 Å². The van der Waals surface area contributed by atoms with Gasteiger partial charge in [0.15, 0.2) is 0 Å². The molecule has 4 atom stereocenters. The van der Waals surface area contributed by atoms with Gasteiger partial charge in [-0.2, -0.15) is 11.8 Å². The molecule has 164 valence electrons. The van der Waals surface area contributed by atoms with Crippen LogP contribution in [0, 0.1) is 0 Å². The minimum atomic E-state index is -1.35. The first kappa shape index (κ1) is 24.7. The standard InChI is InChI=1S/C17H29N5O6S/c1-9(20-15(25)10-4-3-6-19-10)14(24)22-12(8-13(18)23)16(26)21-11(17(27)28)5-7-29-2/h9-12,19H,3-8H2,1-2H3,(H2,18,23)(H,20,25)(H,21,26)(H,22,24)(H,27,28). The molecule has 1 rings (SSSR count). The molecule has 1 saturated heterocycles. The van der Waals surface area contributed by atoms with Gasteiger partial charge in [0, 0.05) is 0 Å². The maximum atomic E-state index is 12.4. The zero-order valence-corrected chi connectivity index (χ0v) is 17.3. The summed E-state index contributed by atoms with van der Waals surface area (Å²) in [4.78, 5) is 59.5. The molecule has 0 bridgehead atoms. The SMILES string of the molecule is CSCCC(NC(=O)C(CC(N)=O)NC(=O)C(C)NC(=O)C1CCCN1)C(=O)O. The predicted molar refractivity (Wildman–Crippen MR) is 107 cm³/mol. The van der Waals surface area contributed by atoms with Gasteiger partial charge in [-0.25, -0.2) is 4.79 Å². The van der Waals surface area contributed by atoms with Gasteiger partial charge in [0.25, 0.3) is 0 Å². The van der Waals surface area contributed by atoms with Gasteiger partial charge in [-0.1, -0.05) is 0 Å². The number of nitrogens with one attached hydrogen (secondary N) is 4. The number of hydrogen-bond donors (Lipinski definition) is 6. The van der Waals surface area contributed by atoms with Gasteiger partial charge in [-0.15, -0.1) is 0 Å². The first-order chi connectivity index (χ1) is 13.6. The fourth-order valence-corrected chi connectivity index (χ4v) is 3.23. The highest BCUT2D eigenvalue weighted by molar-refractivity contribution is 7.98. The molecular formula is C17H29N5O6S. The molecule has 12 heteroatoms. The average molecular weight is 432 g/mol. The Kier molecular flexibility index (Phi) is 10.5. The molecule has 1 aliphatic heterocycles. The summed E-state index contributed by atoms with van der Waals surface area (Å²) in [5, 5.41) is 19.5. The zero-order valence-electron chi connectivity index (χ0n) is 16.5. The van der Waals surface area contributed by atoms with E-state index in [0.29, 0.717) is 12.2 Å². The molecule has 1 heterocycles. The van der Waals surface area contributed by atoms with E-state index in [9.17, 15) is 29.1 Å². The van der Waals surface area contributed by atoms with Crippen LogP contribution < -0.4 is 27.0 Å². The minimum Gasteiger partial charge on any atom is -0.480 e. The summed E-state index contributed by atoms with van der Waals surface area (Å²) in [6, 6.07) is -3.84. The van der Waals surface area contributed by atoms with Crippen LogP contribution in [0.3, 0.4) is 0 Å². The van der Waals surface area contributed by atoms with Gasteiger partial charge in [-0.05, 0) is 44.7 Å². The van der Waals surface area contributed by atoms with Crippen LogP contribution in [0.2, 0.25) is 0 Å². The smallest absolute Gasteiger partial charge is 0.326 e. The van der Waals surface area contributed by atoms with Crippen LogP contribution in [0.4, 0.5) is 0 Å². The number of carboxylic acid groups (broad SMARTS) is 1. The van der Waals surface area contributed by atoms with Crippen LogP contribution in [0.15, 0.2) is 0 Å². The van der Waals surface area contributed by atoms with Gasteiger partial charge in [0.2, 0.25) is 23.6 Å². The summed E-state index contributed by atoms with van der Waals surface area (Å²) in [7, 11) is 0. The normalized spacial score (nSPS) is 18.9. The Morgan fingerprint density at radius 3 is 2.31 bits per heavy atom. The Labute approximate surface area is 173 Å². The van der Waals surface area contributed by atoms with E-state index in [2.05, 4.69) is 21.3 Å². The Balaban J connectivity index is 2.71. The summed E-state index contributed by atoms with van der Waals surface area (Å²) in [6.45, 7) is 2.17. The van der Waals surface area contributed by atoms with Crippen molar-refractivity contribution in [2.45, 2.75) is 56.8 Å². The van der Waals surface area contributed by atoms with Crippen molar-refractivity contribution in [3.05, 3.63) is 0 Å². The predicted octanol–water partition coefficient (Wildman–Crippen LogP) is -2.07. The zero-order chi connectivity index (χ0) is 22.0. The van der Waals surface area contributed by atoms with E-state index in [4.69, 9.17) is 5.73 Å². The minimum absolute atomic E-state index is 0.181. The lowest BCUT2D eigenvalue weighted by Gasteiger charge is -2.23. The monoisotopic (exact) mass is 431 g/mol. The Morgan fingerprint density at radius 1 is 1.14 bits per heavy atom. The van der Waals surface area contributed by atoms with Crippen LogP contribution in [0.25, 0.3) is 0 Å². The first-order valence-electron chi connectivity index (χ1n) is 9.30. The van der Waals surface area contributed by atoms with E-state index in [1.165, 1.54) is 18.7 Å². The molecule has 0 aromatic rings. The summed E-state index contributed by atoms with van der Waals surface area (Å²) in [6.07, 6.45) is 3.01. The Bertz CT molecular complexity index is 625. The van der Waals surface area contributed by atoms with Crippen LogP contribution >= 0.6 is 11.8 Å². The van der Waals surface area contributed by atoms with E-state index in [1.54, 1.807) is 6.26 Å². The second-order valence-electron chi connectivity index (χ2n) is 6.79. The molecular weight excluding hydrogens is 402 g/mol. The summed E-state index contributed by atoms with van der Waals surface area (Å²) in [5.74, 6) is -3.41. The van der Waals surface area contributed by atoms with E-state index in [0.717, 1.165) is 13.0 Å². The van der Waals surface area contributed by atoms with Crippen LogP contribution in [0.5, 0.6) is 0 Å². The molecule has 4 unspecified atom stereocenters. The third kappa shape index (κ3) is 8.69. The molecule has 0 aromatic carbocycles. The number of carboxylic acids is 1. The lowest BCUT2D eigenvalue weighted by molar-refractivity contribution is -0.142. The molecule has 0 spiro atoms. The highest BCUT2D eigenvalue weighted by Crippen LogP contribution is 2.06. The quantitative estimate of drug-likeness (QED) is 0.204. The number of aliphatic carboxylic acids is 1. The van der Waals surface area contributed by atoms with E-state index < -0.39 is 48.2 Å². The molecule has 11 nitrogen and oxygen atoms in total. The van der Waals surface area contributed by atoms with Crippen LogP contribution in [-0.4, -0.2) is 77.4 Å². The maximum Gasteiger partial charge on any atom is 0.326 e. The highest BCUT2D eigenvalue weighted by atomic mass is 32.2. The second-order valence-corrected chi connectivity index (χ2v) is 7.78. The molecule has 29 heavy (non-hydrogen) atoms. The molecule has 1 fully saturated rings. The number of hydrogen-bond acceptors (Lipinski definition) is 7. The van der Waals surface area contributed by atoms with E-state index in [-0.39, 0.29) is 18.4 Å². The third-order valence-electron chi connectivity index (χ3n) is 4.39.